The fourth-order valence-electron chi connectivity index (χ4n) is 2.24. The monoisotopic (exact) mass is 402 g/mol. The zero-order chi connectivity index (χ0) is 15.1. The summed E-state index contributed by atoms with van der Waals surface area (Å²) in [4.78, 5) is 4.60. The van der Waals surface area contributed by atoms with E-state index in [4.69, 9.17) is 34.8 Å². The first kappa shape index (κ1) is 15.2. The lowest BCUT2D eigenvalue weighted by Crippen LogP contribution is -2.02. The van der Waals surface area contributed by atoms with Crippen molar-refractivity contribution < 1.29 is 0 Å². The van der Waals surface area contributed by atoms with Crippen LogP contribution in [0.3, 0.4) is 0 Å². The van der Waals surface area contributed by atoms with E-state index in [2.05, 4.69) is 20.9 Å². The maximum atomic E-state index is 6.30. The van der Waals surface area contributed by atoms with Crippen molar-refractivity contribution in [2.75, 3.05) is 0 Å². The summed E-state index contributed by atoms with van der Waals surface area (Å²) in [6.45, 7) is 1.89. The molecule has 0 aliphatic carbocycles. The number of imidazole rings is 1. The van der Waals surface area contributed by atoms with Gasteiger partial charge in [-0.05, 0) is 47.1 Å². The first-order valence-electron chi connectivity index (χ1n) is 6.25. The van der Waals surface area contributed by atoms with Crippen molar-refractivity contribution in [2.45, 2.75) is 12.3 Å². The molecule has 21 heavy (non-hydrogen) atoms. The molecule has 1 atom stereocenters. The second-order valence-electron chi connectivity index (χ2n) is 4.63. The third-order valence-corrected chi connectivity index (χ3v) is 4.76. The molecule has 3 aromatic rings. The molecule has 0 N–H and O–H groups in total. The normalized spacial score (nSPS) is 12.8. The van der Waals surface area contributed by atoms with Crippen LogP contribution in [0.5, 0.6) is 0 Å². The van der Waals surface area contributed by atoms with Gasteiger partial charge in [0.15, 0.2) is 0 Å². The molecule has 0 aliphatic rings. The Morgan fingerprint density at radius 3 is 2.48 bits per heavy atom. The summed E-state index contributed by atoms with van der Waals surface area (Å²) in [5.74, 6) is 0.747. The summed E-state index contributed by atoms with van der Waals surface area (Å²) >= 11 is 22.1. The van der Waals surface area contributed by atoms with Gasteiger partial charge in [-0.15, -0.1) is 11.6 Å². The minimum atomic E-state index is -0.248. The van der Waals surface area contributed by atoms with Crippen LogP contribution in [0.15, 0.2) is 40.9 Å². The van der Waals surface area contributed by atoms with Crippen molar-refractivity contribution in [2.24, 2.45) is 0 Å². The first-order valence-corrected chi connectivity index (χ1v) is 8.24. The Bertz CT molecular complexity index is 827. The fraction of sp³-hybridized carbons (Fsp3) is 0.133. The van der Waals surface area contributed by atoms with Crippen molar-refractivity contribution in [3.63, 3.8) is 0 Å². The molecule has 108 valence electrons. The lowest BCUT2D eigenvalue weighted by molar-refractivity contribution is 0.880. The largest absolute Gasteiger partial charge is 0.294 e. The Labute approximate surface area is 145 Å². The van der Waals surface area contributed by atoms with E-state index in [1.165, 1.54) is 0 Å². The Kier molecular flexibility index (Phi) is 4.19. The number of para-hydroxylation sites is 1. The van der Waals surface area contributed by atoms with Gasteiger partial charge in [0.25, 0.3) is 0 Å². The molecular weight excluding hydrogens is 394 g/mol. The van der Waals surface area contributed by atoms with E-state index in [1.54, 1.807) is 6.07 Å². The smallest absolute Gasteiger partial charge is 0.132 e. The Morgan fingerprint density at radius 1 is 1.14 bits per heavy atom. The molecule has 1 unspecified atom stereocenters. The molecule has 0 amide bonds. The highest BCUT2D eigenvalue weighted by molar-refractivity contribution is 9.10. The van der Waals surface area contributed by atoms with E-state index in [1.807, 2.05) is 41.8 Å². The van der Waals surface area contributed by atoms with E-state index in [0.29, 0.717) is 10.0 Å². The molecule has 1 aromatic heterocycles. The minimum Gasteiger partial charge on any atom is -0.294 e. The Morgan fingerprint density at radius 2 is 1.81 bits per heavy atom. The van der Waals surface area contributed by atoms with Gasteiger partial charge in [0.05, 0.1) is 32.1 Å². The summed E-state index contributed by atoms with van der Waals surface area (Å²) in [6, 6.07) is 11.5. The molecule has 0 saturated carbocycles. The number of hydrogen-bond acceptors (Lipinski definition) is 1. The lowest BCUT2D eigenvalue weighted by Gasteiger charge is -2.12. The van der Waals surface area contributed by atoms with Gasteiger partial charge in [-0.1, -0.05) is 35.3 Å². The molecule has 0 spiro atoms. The molecule has 0 fully saturated rings. The molecule has 0 aliphatic heterocycles. The van der Waals surface area contributed by atoms with Crippen LogP contribution in [-0.2, 0) is 0 Å². The predicted molar refractivity (Wildman–Crippen MR) is 93.1 cm³/mol. The molecule has 2 nitrogen and oxygen atoms in total. The van der Waals surface area contributed by atoms with Gasteiger partial charge in [0.2, 0.25) is 0 Å². The van der Waals surface area contributed by atoms with Crippen LogP contribution in [0.1, 0.15) is 18.1 Å². The number of fused-ring (bicyclic) bond motifs is 1. The SMILES string of the molecule is CC(Cl)c1nc2cc(Cl)c(Cl)cc2n1-c1ccccc1Br. The molecule has 0 bridgehead atoms. The number of alkyl halides is 1. The number of halogens is 4. The summed E-state index contributed by atoms with van der Waals surface area (Å²) < 4.78 is 2.95. The second-order valence-corrected chi connectivity index (χ2v) is 6.95. The van der Waals surface area contributed by atoms with Crippen LogP contribution >= 0.6 is 50.7 Å². The van der Waals surface area contributed by atoms with Crippen molar-refractivity contribution in [1.29, 1.82) is 0 Å². The zero-order valence-electron chi connectivity index (χ0n) is 10.9. The van der Waals surface area contributed by atoms with Crippen LogP contribution in [0.25, 0.3) is 16.7 Å². The minimum absolute atomic E-state index is 0.248. The van der Waals surface area contributed by atoms with Gasteiger partial charge < -0.3 is 0 Å². The predicted octanol–water partition coefficient (Wildman–Crippen LogP) is 6.39. The van der Waals surface area contributed by atoms with E-state index in [0.717, 1.165) is 27.0 Å². The van der Waals surface area contributed by atoms with Crippen molar-refractivity contribution in [1.82, 2.24) is 9.55 Å². The fourth-order valence-corrected chi connectivity index (χ4v) is 3.17. The average Bonchev–Trinajstić information content (AvgIpc) is 2.78. The summed E-state index contributed by atoms with van der Waals surface area (Å²) in [6.07, 6.45) is 0. The number of hydrogen-bond donors (Lipinski definition) is 0. The maximum absolute atomic E-state index is 6.30. The molecule has 1 heterocycles. The third-order valence-electron chi connectivity index (χ3n) is 3.17. The number of rotatable bonds is 2. The molecule has 0 saturated heterocycles. The van der Waals surface area contributed by atoms with Crippen molar-refractivity contribution in [3.8, 4) is 5.69 Å². The number of nitrogens with zero attached hydrogens (tertiary/aromatic N) is 2. The molecular formula is C15H10BrCl3N2. The third kappa shape index (κ3) is 2.68. The van der Waals surface area contributed by atoms with Crippen molar-refractivity contribution >= 4 is 61.8 Å². The topological polar surface area (TPSA) is 17.8 Å². The van der Waals surface area contributed by atoms with Gasteiger partial charge in [0.1, 0.15) is 5.82 Å². The lowest BCUT2D eigenvalue weighted by atomic mass is 10.2. The number of aromatic nitrogens is 2. The van der Waals surface area contributed by atoms with Crippen molar-refractivity contribution in [3.05, 3.63) is 56.7 Å². The summed E-state index contributed by atoms with van der Waals surface area (Å²) in [5, 5.41) is 0.725. The first-order chi connectivity index (χ1) is 9.99. The van der Waals surface area contributed by atoms with Gasteiger partial charge >= 0.3 is 0 Å². The van der Waals surface area contributed by atoms with Crippen LogP contribution in [0.4, 0.5) is 0 Å². The van der Waals surface area contributed by atoms with Gasteiger partial charge in [-0.3, -0.25) is 4.57 Å². The second kappa shape index (κ2) is 5.81. The number of benzene rings is 2. The van der Waals surface area contributed by atoms with E-state index >= 15 is 0 Å². The van der Waals surface area contributed by atoms with E-state index in [9.17, 15) is 0 Å². The standard InChI is InChI=1S/C15H10BrCl3N2/c1-8(17)15-20-12-6-10(18)11(19)7-14(12)21(15)13-5-3-2-4-9(13)16/h2-8H,1H3. The van der Waals surface area contributed by atoms with E-state index in [-0.39, 0.29) is 5.38 Å². The van der Waals surface area contributed by atoms with Crippen LogP contribution in [-0.4, -0.2) is 9.55 Å². The molecule has 6 heteroatoms. The van der Waals surface area contributed by atoms with Gasteiger partial charge in [-0.2, -0.15) is 0 Å². The van der Waals surface area contributed by atoms with E-state index < -0.39 is 0 Å². The molecule has 2 aromatic carbocycles. The molecule has 0 radical (unpaired) electrons. The maximum Gasteiger partial charge on any atom is 0.132 e. The Hall–Kier alpha value is -0.740. The summed E-state index contributed by atoms with van der Waals surface area (Å²) in [5.41, 5.74) is 2.60. The zero-order valence-corrected chi connectivity index (χ0v) is 14.8. The van der Waals surface area contributed by atoms with Gasteiger partial charge in [0, 0.05) is 4.47 Å². The summed E-state index contributed by atoms with van der Waals surface area (Å²) in [7, 11) is 0. The van der Waals surface area contributed by atoms with Crippen LogP contribution < -0.4 is 0 Å². The van der Waals surface area contributed by atoms with Crippen LogP contribution in [0, 0.1) is 0 Å². The molecule has 3 rings (SSSR count). The van der Waals surface area contributed by atoms with Crippen LogP contribution in [0.2, 0.25) is 10.0 Å². The quantitative estimate of drug-likeness (QED) is 0.452. The average molecular weight is 405 g/mol. The Balaban J connectivity index is 2.41. The highest BCUT2D eigenvalue weighted by atomic mass is 79.9. The highest BCUT2D eigenvalue weighted by Gasteiger charge is 2.19. The highest BCUT2D eigenvalue weighted by Crippen LogP contribution is 2.34. The van der Waals surface area contributed by atoms with Gasteiger partial charge in [-0.25, -0.2) is 4.98 Å².